The summed E-state index contributed by atoms with van der Waals surface area (Å²) in [7, 11) is 0. The van der Waals surface area contributed by atoms with Gasteiger partial charge in [0.15, 0.2) is 0 Å². The van der Waals surface area contributed by atoms with Crippen molar-refractivity contribution < 1.29 is 14.3 Å². The van der Waals surface area contributed by atoms with Gasteiger partial charge >= 0.3 is 11.8 Å². The minimum absolute atomic E-state index is 0.359. The number of anilines is 1. The van der Waals surface area contributed by atoms with E-state index in [0.29, 0.717) is 28.8 Å². The normalized spacial score (nSPS) is 11.1. The second-order valence-electron chi connectivity index (χ2n) is 7.30. The maximum Gasteiger partial charge on any atom is 0.329 e. The molecule has 7 heteroatoms. The molecule has 0 unspecified atom stereocenters. The minimum Gasteiger partial charge on any atom is -0.489 e. The van der Waals surface area contributed by atoms with Gasteiger partial charge in [-0.3, -0.25) is 9.59 Å². The van der Waals surface area contributed by atoms with Crippen LogP contribution in [0.5, 0.6) is 5.75 Å². The van der Waals surface area contributed by atoms with E-state index in [2.05, 4.69) is 15.8 Å². The fourth-order valence-corrected chi connectivity index (χ4v) is 3.02. The Balaban J connectivity index is 1.54. The van der Waals surface area contributed by atoms with Crippen LogP contribution >= 0.6 is 11.6 Å². The lowest BCUT2D eigenvalue weighted by Crippen LogP contribution is -2.33. The Morgan fingerprint density at radius 3 is 2.34 bits per heavy atom. The van der Waals surface area contributed by atoms with E-state index < -0.39 is 11.8 Å². The molecular formula is C25H24ClN3O3. The summed E-state index contributed by atoms with van der Waals surface area (Å²) in [6, 6.07) is 20.2. The Morgan fingerprint density at radius 1 is 0.938 bits per heavy atom. The molecule has 0 radical (unpaired) electrons. The molecule has 0 aromatic heterocycles. The van der Waals surface area contributed by atoms with E-state index in [9.17, 15) is 9.59 Å². The van der Waals surface area contributed by atoms with Gasteiger partial charge in [0, 0.05) is 16.3 Å². The molecule has 32 heavy (non-hydrogen) atoms. The lowest BCUT2D eigenvalue weighted by atomic mass is 10.1. The minimum atomic E-state index is -0.845. The first kappa shape index (κ1) is 23.0. The third-order valence-electron chi connectivity index (χ3n) is 4.92. The average Bonchev–Trinajstić information content (AvgIpc) is 2.79. The van der Waals surface area contributed by atoms with Gasteiger partial charge < -0.3 is 10.1 Å². The molecular weight excluding hydrogens is 426 g/mol. The molecule has 0 saturated carbocycles. The smallest absolute Gasteiger partial charge is 0.329 e. The van der Waals surface area contributed by atoms with Crippen LogP contribution in [0.1, 0.15) is 29.2 Å². The molecule has 2 amide bonds. The summed E-state index contributed by atoms with van der Waals surface area (Å²) in [6.45, 7) is 6.01. The Kier molecular flexibility index (Phi) is 7.63. The largest absolute Gasteiger partial charge is 0.489 e. The first-order valence-electron chi connectivity index (χ1n) is 10.0. The fourth-order valence-electron chi connectivity index (χ4n) is 2.83. The number of ether oxygens (including phenoxy) is 1. The van der Waals surface area contributed by atoms with E-state index >= 15 is 0 Å². The Bertz CT molecular complexity index is 1160. The van der Waals surface area contributed by atoms with E-state index in [0.717, 1.165) is 22.3 Å². The van der Waals surface area contributed by atoms with Crippen LogP contribution in [0.2, 0.25) is 5.02 Å². The molecule has 0 spiro atoms. The zero-order valence-corrected chi connectivity index (χ0v) is 18.9. The van der Waals surface area contributed by atoms with Crippen molar-refractivity contribution in [2.45, 2.75) is 27.4 Å². The maximum absolute atomic E-state index is 12.1. The average molecular weight is 450 g/mol. The molecule has 0 aliphatic carbocycles. The highest BCUT2D eigenvalue weighted by Gasteiger charge is 2.13. The van der Waals surface area contributed by atoms with E-state index in [1.165, 1.54) is 0 Å². The predicted octanol–water partition coefficient (Wildman–Crippen LogP) is 5.01. The fraction of sp³-hybridized carbons (Fsp3) is 0.160. The number of hydrogen-bond acceptors (Lipinski definition) is 4. The lowest BCUT2D eigenvalue weighted by Gasteiger charge is -2.09. The number of hydrogen-bond donors (Lipinski definition) is 2. The molecule has 0 aliphatic rings. The van der Waals surface area contributed by atoms with Crippen molar-refractivity contribution in [1.82, 2.24) is 5.43 Å². The van der Waals surface area contributed by atoms with Gasteiger partial charge in [0.2, 0.25) is 0 Å². The van der Waals surface area contributed by atoms with E-state index in [1.807, 2.05) is 62.4 Å². The number of aryl methyl sites for hydroxylation is 2. The topological polar surface area (TPSA) is 79.8 Å². The predicted molar refractivity (Wildman–Crippen MR) is 127 cm³/mol. The summed E-state index contributed by atoms with van der Waals surface area (Å²) < 4.78 is 5.76. The third-order valence-corrected chi connectivity index (χ3v) is 5.29. The van der Waals surface area contributed by atoms with Crippen molar-refractivity contribution in [3.63, 3.8) is 0 Å². The Labute approximate surface area is 192 Å². The van der Waals surface area contributed by atoms with Crippen LogP contribution in [-0.2, 0) is 16.2 Å². The number of carbonyl (C=O) groups excluding carboxylic acids is 2. The molecule has 0 atom stereocenters. The molecule has 0 bridgehead atoms. The highest BCUT2D eigenvalue weighted by Crippen LogP contribution is 2.19. The number of amides is 2. The molecule has 164 valence electrons. The van der Waals surface area contributed by atoms with Crippen LogP contribution in [0.4, 0.5) is 5.69 Å². The summed E-state index contributed by atoms with van der Waals surface area (Å²) in [4.78, 5) is 24.2. The second-order valence-corrected chi connectivity index (χ2v) is 7.70. The zero-order chi connectivity index (χ0) is 23.1. The number of nitrogens with one attached hydrogen (secondary N) is 2. The second kappa shape index (κ2) is 10.6. The van der Waals surface area contributed by atoms with Crippen molar-refractivity contribution in [1.29, 1.82) is 0 Å². The molecule has 3 aromatic carbocycles. The highest BCUT2D eigenvalue weighted by atomic mass is 35.5. The number of rotatable bonds is 6. The number of nitrogens with zero attached hydrogens (tertiary/aromatic N) is 1. The molecule has 6 nitrogen and oxygen atoms in total. The van der Waals surface area contributed by atoms with Gasteiger partial charge in [0.25, 0.3) is 0 Å². The number of hydrazone groups is 1. The van der Waals surface area contributed by atoms with E-state index in [4.69, 9.17) is 16.3 Å². The van der Waals surface area contributed by atoms with Crippen LogP contribution in [0.3, 0.4) is 0 Å². The van der Waals surface area contributed by atoms with Gasteiger partial charge in [-0.15, -0.1) is 0 Å². The third kappa shape index (κ3) is 6.18. The summed E-state index contributed by atoms with van der Waals surface area (Å²) in [5.41, 5.74) is 7.21. The number of halogens is 1. The first-order valence-corrected chi connectivity index (χ1v) is 10.4. The Hall–Kier alpha value is -3.64. The summed E-state index contributed by atoms with van der Waals surface area (Å²) in [5.74, 6) is -0.950. The molecule has 2 N–H and O–H groups in total. The van der Waals surface area contributed by atoms with Crippen molar-refractivity contribution in [3.05, 3.63) is 94.0 Å². The van der Waals surface area contributed by atoms with Crippen molar-refractivity contribution in [2.24, 2.45) is 5.10 Å². The van der Waals surface area contributed by atoms with Gasteiger partial charge in [-0.25, -0.2) is 5.43 Å². The Morgan fingerprint density at radius 2 is 1.66 bits per heavy atom. The van der Waals surface area contributed by atoms with Gasteiger partial charge in [0.05, 0.1) is 5.71 Å². The van der Waals surface area contributed by atoms with Crippen molar-refractivity contribution in [3.8, 4) is 5.75 Å². The molecule has 0 saturated heterocycles. The van der Waals surface area contributed by atoms with Gasteiger partial charge in [-0.05, 0) is 79.9 Å². The van der Waals surface area contributed by atoms with Gasteiger partial charge in [0.1, 0.15) is 12.4 Å². The zero-order valence-electron chi connectivity index (χ0n) is 18.1. The monoisotopic (exact) mass is 449 g/mol. The molecule has 3 rings (SSSR count). The summed E-state index contributed by atoms with van der Waals surface area (Å²) in [6.07, 6.45) is 0. The molecule has 0 aliphatic heterocycles. The standard InChI is InChI=1S/C25H24ClN3O3/c1-16-8-11-21(14-17(16)2)27-24(30)25(31)29-28-18(3)19-9-12-22(13-10-19)32-15-20-6-4-5-7-23(20)26/h4-14H,15H2,1-3H3,(H,27,30)(H,29,31)/b28-18+. The highest BCUT2D eigenvalue weighted by molar-refractivity contribution is 6.39. The number of benzene rings is 3. The van der Waals surface area contributed by atoms with Gasteiger partial charge in [-0.1, -0.05) is 35.9 Å². The van der Waals surface area contributed by atoms with Crippen LogP contribution in [-0.4, -0.2) is 17.5 Å². The van der Waals surface area contributed by atoms with E-state index in [-0.39, 0.29) is 0 Å². The summed E-state index contributed by atoms with van der Waals surface area (Å²) in [5, 5.41) is 7.24. The van der Waals surface area contributed by atoms with Crippen molar-refractivity contribution >= 4 is 34.8 Å². The maximum atomic E-state index is 12.1. The van der Waals surface area contributed by atoms with Crippen molar-refractivity contribution in [2.75, 3.05) is 5.32 Å². The summed E-state index contributed by atoms with van der Waals surface area (Å²) >= 11 is 6.14. The number of carbonyl (C=O) groups is 2. The van der Waals surface area contributed by atoms with Crippen LogP contribution < -0.4 is 15.5 Å². The first-order chi connectivity index (χ1) is 15.3. The van der Waals surface area contributed by atoms with Crippen LogP contribution in [0.25, 0.3) is 0 Å². The SMILES string of the molecule is C/C(=N\NC(=O)C(=O)Nc1ccc(C)c(C)c1)c1ccc(OCc2ccccc2Cl)cc1. The lowest BCUT2D eigenvalue weighted by molar-refractivity contribution is -0.136. The van der Waals surface area contributed by atoms with Crippen LogP contribution in [0, 0.1) is 13.8 Å². The molecule has 3 aromatic rings. The van der Waals surface area contributed by atoms with Crippen LogP contribution in [0.15, 0.2) is 71.8 Å². The van der Waals surface area contributed by atoms with Gasteiger partial charge in [-0.2, -0.15) is 5.10 Å². The van der Waals surface area contributed by atoms with E-state index in [1.54, 1.807) is 25.1 Å². The molecule has 0 heterocycles. The quantitative estimate of drug-likeness (QED) is 0.315. The molecule has 0 fully saturated rings.